The molecule has 0 saturated carbocycles. The molecule has 1 fully saturated rings. The highest BCUT2D eigenvalue weighted by molar-refractivity contribution is 9.10. The molecule has 3 heterocycles. The lowest BCUT2D eigenvalue weighted by atomic mass is 10.1. The predicted molar refractivity (Wildman–Crippen MR) is 130 cm³/mol. The van der Waals surface area contributed by atoms with Crippen LogP contribution in [-0.2, 0) is 16.6 Å². The number of fused-ring (bicyclic) bond motifs is 1. The molecule has 1 aliphatic heterocycles. The average Bonchev–Trinajstić information content (AvgIpc) is 3.26. The standard InChI is InChI=1S/C24H23BrN4O2S/c25-21-4-1-2-7-24(21)32(30,31)29-13-10-20-22(5-3-6-23(20)29)28-16-14-27(15-17-28)18-19-8-11-26-12-9-19/h1-13H,14-18H2. The van der Waals surface area contributed by atoms with E-state index in [0.29, 0.717) is 9.99 Å². The number of pyridine rings is 1. The van der Waals surface area contributed by atoms with Gasteiger partial charge in [-0.3, -0.25) is 9.88 Å². The second kappa shape index (κ2) is 8.69. The summed E-state index contributed by atoms with van der Waals surface area (Å²) in [5, 5.41) is 0.950. The first kappa shape index (κ1) is 21.2. The SMILES string of the molecule is O=S(=O)(c1ccccc1Br)n1ccc2c(N3CCN(Cc4ccncc4)CC3)cccc21. The van der Waals surface area contributed by atoms with E-state index in [9.17, 15) is 8.42 Å². The summed E-state index contributed by atoms with van der Waals surface area (Å²) in [6.07, 6.45) is 5.32. The van der Waals surface area contributed by atoms with Crippen molar-refractivity contribution < 1.29 is 8.42 Å². The van der Waals surface area contributed by atoms with Gasteiger partial charge in [-0.25, -0.2) is 12.4 Å². The van der Waals surface area contributed by atoms with Crippen molar-refractivity contribution in [3.63, 3.8) is 0 Å². The van der Waals surface area contributed by atoms with Crippen LogP contribution < -0.4 is 4.90 Å². The van der Waals surface area contributed by atoms with Gasteiger partial charge in [0, 0.05) is 66.9 Å². The third-order valence-electron chi connectivity index (χ3n) is 5.92. The Morgan fingerprint density at radius 1 is 0.875 bits per heavy atom. The fourth-order valence-corrected chi connectivity index (χ4v) is 6.58. The molecular weight excluding hydrogens is 488 g/mol. The molecule has 4 aromatic rings. The number of anilines is 1. The Balaban J connectivity index is 1.40. The first-order valence-corrected chi connectivity index (χ1v) is 12.7. The quantitative estimate of drug-likeness (QED) is 0.399. The van der Waals surface area contributed by atoms with E-state index in [-0.39, 0.29) is 4.90 Å². The molecule has 164 valence electrons. The van der Waals surface area contributed by atoms with E-state index in [1.165, 1.54) is 9.54 Å². The third-order valence-corrected chi connectivity index (χ3v) is 8.62. The molecule has 5 rings (SSSR count). The van der Waals surface area contributed by atoms with Crippen LogP contribution >= 0.6 is 15.9 Å². The minimum absolute atomic E-state index is 0.257. The van der Waals surface area contributed by atoms with E-state index in [1.54, 1.807) is 24.4 Å². The van der Waals surface area contributed by atoms with E-state index < -0.39 is 10.0 Å². The van der Waals surface area contributed by atoms with E-state index in [0.717, 1.165) is 43.8 Å². The normalized spacial score (nSPS) is 15.3. The molecule has 8 heteroatoms. The Hall–Kier alpha value is -2.68. The molecule has 1 saturated heterocycles. The largest absolute Gasteiger partial charge is 0.368 e. The van der Waals surface area contributed by atoms with Gasteiger partial charge in [0.25, 0.3) is 10.0 Å². The third kappa shape index (κ3) is 3.94. The molecular formula is C24H23BrN4O2S. The van der Waals surface area contributed by atoms with Gasteiger partial charge in [-0.05, 0) is 64.0 Å². The Bertz CT molecular complexity index is 1350. The van der Waals surface area contributed by atoms with Crippen LogP contribution in [0.25, 0.3) is 10.9 Å². The zero-order chi connectivity index (χ0) is 22.1. The summed E-state index contributed by atoms with van der Waals surface area (Å²) in [4.78, 5) is 9.13. The van der Waals surface area contributed by atoms with Crippen LogP contribution in [-0.4, -0.2) is 48.5 Å². The lowest BCUT2D eigenvalue weighted by Crippen LogP contribution is -2.46. The van der Waals surface area contributed by atoms with Gasteiger partial charge in [-0.1, -0.05) is 18.2 Å². The van der Waals surface area contributed by atoms with Crippen LogP contribution in [0, 0.1) is 0 Å². The molecule has 32 heavy (non-hydrogen) atoms. The monoisotopic (exact) mass is 510 g/mol. The number of benzene rings is 2. The maximum absolute atomic E-state index is 13.3. The highest BCUT2D eigenvalue weighted by Gasteiger charge is 2.24. The van der Waals surface area contributed by atoms with Gasteiger partial charge in [0.2, 0.25) is 0 Å². The minimum Gasteiger partial charge on any atom is -0.368 e. The maximum atomic E-state index is 13.3. The molecule has 0 aliphatic carbocycles. The van der Waals surface area contributed by atoms with Crippen molar-refractivity contribution >= 4 is 42.5 Å². The van der Waals surface area contributed by atoms with Crippen molar-refractivity contribution in [1.29, 1.82) is 0 Å². The maximum Gasteiger partial charge on any atom is 0.269 e. The summed E-state index contributed by atoms with van der Waals surface area (Å²) in [5.41, 5.74) is 3.04. The number of hydrogen-bond acceptors (Lipinski definition) is 5. The number of rotatable bonds is 5. The van der Waals surface area contributed by atoms with Crippen molar-refractivity contribution in [2.45, 2.75) is 11.4 Å². The van der Waals surface area contributed by atoms with Gasteiger partial charge in [0.15, 0.2) is 0 Å². The Kier molecular flexibility index (Phi) is 5.75. The van der Waals surface area contributed by atoms with Crippen LogP contribution in [0.3, 0.4) is 0 Å². The molecule has 2 aromatic heterocycles. The van der Waals surface area contributed by atoms with E-state index >= 15 is 0 Å². The van der Waals surface area contributed by atoms with Gasteiger partial charge in [0.1, 0.15) is 4.90 Å². The second-order valence-electron chi connectivity index (χ2n) is 7.88. The molecule has 2 aromatic carbocycles. The Morgan fingerprint density at radius 2 is 1.62 bits per heavy atom. The van der Waals surface area contributed by atoms with Crippen molar-refractivity contribution in [1.82, 2.24) is 13.9 Å². The van der Waals surface area contributed by atoms with Gasteiger partial charge < -0.3 is 4.90 Å². The number of hydrogen-bond donors (Lipinski definition) is 0. The van der Waals surface area contributed by atoms with Crippen molar-refractivity contribution in [2.24, 2.45) is 0 Å². The Morgan fingerprint density at radius 3 is 2.38 bits per heavy atom. The fraction of sp³-hybridized carbons (Fsp3) is 0.208. The molecule has 0 radical (unpaired) electrons. The number of nitrogens with zero attached hydrogens (tertiary/aromatic N) is 4. The van der Waals surface area contributed by atoms with Crippen molar-refractivity contribution in [3.05, 3.63) is 89.3 Å². The average molecular weight is 511 g/mol. The molecule has 0 unspecified atom stereocenters. The lowest BCUT2D eigenvalue weighted by Gasteiger charge is -2.36. The highest BCUT2D eigenvalue weighted by Crippen LogP contribution is 2.32. The summed E-state index contributed by atoms with van der Waals surface area (Å²) in [7, 11) is -3.71. The predicted octanol–water partition coefficient (Wildman–Crippen LogP) is 4.36. The van der Waals surface area contributed by atoms with Crippen molar-refractivity contribution in [3.8, 4) is 0 Å². The minimum atomic E-state index is -3.71. The highest BCUT2D eigenvalue weighted by atomic mass is 79.9. The van der Waals surface area contributed by atoms with Crippen molar-refractivity contribution in [2.75, 3.05) is 31.1 Å². The molecule has 0 spiro atoms. The second-order valence-corrected chi connectivity index (χ2v) is 10.5. The zero-order valence-corrected chi connectivity index (χ0v) is 19.8. The summed E-state index contributed by atoms with van der Waals surface area (Å²) in [6, 6.07) is 18.8. The first-order chi connectivity index (χ1) is 15.5. The lowest BCUT2D eigenvalue weighted by molar-refractivity contribution is 0.250. The Labute approximate surface area is 196 Å². The molecule has 0 amide bonds. The van der Waals surface area contributed by atoms with Crippen LogP contribution in [0.5, 0.6) is 0 Å². The molecule has 0 N–H and O–H groups in total. The van der Waals surface area contributed by atoms with Crippen LogP contribution in [0.2, 0.25) is 0 Å². The van der Waals surface area contributed by atoms with Gasteiger partial charge in [0.05, 0.1) is 5.52 Å². The van der Waals surface area contributed by atoms with E-state index in [2.05, 4.69) is 48.9 Å². The van der Waals surface area contributed by atoms with Crippen LogP contribution in [0.15, 0.2) is 88.6 Å². The fourth-order valence-electron chi connectivity index (χ4n) is 4.27. The number of aromatic nitrogens is 2. The van der Waals surface area contributed by atoms with Gasteiger partial charge in [-0.2, -0.15) is 0 Å². The summed E-state index contributed by atoms with van der Waals surface area (Å²) in [5.74, 6) is 0. The summed E-state index contributed by atoms with van der Waals surface area (Å²) < 4.78 is 28.6. The molecule has 1 aliphatic rings. The zero-order valence-electron chi connectivity index (χ0n) is 17.4. The molecule has 0 atom stereocenters. The summed E-state index contributed by atoms with van der Waals surface area (Å²) >= 11 is 3.38. The summed E-state index contributed by atoms with van der Waals surface area (Å²) in [6.45, 7) is 4.61. The van der Waals surface area contributed by atoms with E-state index in [1.807, 2.05) is 36.7 Å². The van der Waals surface area contributed by atoms with Gasteiger partial charge >= 0.3 is 0 Å². The molecule has 6 nitrogen and oxygen atoms in total. The van der Waals surface area contributed by atoms with Crippen LogP contribution in [0.4, 0.5) is 5.69 Å². The van der Waals surface area contributed by atoms with Gasteiger partial charge in [-0.15, -0.1) is 0 Å². The topological polar surface area (TPSA) is 58.4 Å². The number of piperazine rings is 1. The number of halogens is 1. The molecule has 0 bridgehead atoms. The smallest absolute Gasteiger partial charge is 0.269 e. The van der Waals surface area contributed by atoms with Crippen LogP contribution in [0.1, 0.15) is 5.56 Å². The first-order valence-electron chi connectivity index (χ1n) is 10.5. The van der Waals surface area contributed by atoms with E-state index in [4.69, 9.17) is 0 Å².